The zero-order chi connectivity index (χ0) is 21.0. The summed E-state index contributed by atoms with van der Waals surface area (Å²) in [5.74, 6) is -2.13. The zero-order valence-corrected chi connectivity index (χ0v) is 17.5. The molecule has 7 heteroatoms. The summed E-state index contributed by atoms with van der Waals surface area (Å²) in [6.45, 7) is 1.49. The molecule has 0 spiro atoms. The SMILES string of the molecule is CCCC[C@H](C(=O)OCC(=O)c1ccc(Br)cc1)N1C(=O)c2ccccc2C1=O. The summed E-state index contributed by atoms with van der Waals surface area (Å²) < 4.78 is 6.04. The highest BCUT2D eigenvalue weighted by atomic mass is 79.9. The van der Waals surface area contributed by atoms with Crippen LogP contribution in [0.25, 0.3) is 0 Å². The molecule has 1 aliphatic rings. The lowest BCUT2D eigenvalue weighted by molar-refractivity contribution is -0.147. The van der Waals surface area contributed by atoms with E-state index in [1.807, 2.05) is 6.92 Å². The van der Waals surface area contributed by atoms with Crippen molar-refractivity contribution in [2.75, 3.05) is 6.61 Å². The number of carbonyl (C=O) groups excluding carboxylic acids is 4. The number of amides is 2. The summed E-state index contributed by atoms with van der Waals surface area (Å²) >= 11 is 3.30. The van der Waals surface area contributed by atoms with E-state index in [0.717, 1.165) is 15.8 Å². The molecular weight excluding hydrogens is 438 g/mol. The van der Waals surface area contributed by atoms with Crippen LogP contribution < -0.4 is 0 Å². The molecule has 2 amide bonds. The minimum absolute atomic E-state index is 0.276. The van der Waals surface area contributed by atoms with Crippen molar-refractivity contribution < 1.29 is 23.9 Å². The number of ether oxygens (including phenoxy) is 1. The molecule has 150 valence electrons. The molecule has 1 heterocycles. The van der Waals surface area contributed by atoms with Gasteiger partial charge in [0, 0.05) is 10.0 Å². The smallest absolute Gasteiger partial charge is 0.329 e. The molecule has 0 fully saturated rings. The Labute approximate surface area is 177 Å². The molecule has 2 aromatic rings. The van der Waals surface area contributed by atoms with Crippen LogP contribution in [0.2, 0.25) is 0 Å². The quantitative estimate of drug-likeness (QED) is 0.339. The summed E-state index contributed by atoms with van der Waals surface area (Å²) in [6.07, 6.45) is 1.70. The summed E-state index contributed by atoms with van der Waals surface area (Å²) in [4.78, 5) is 51.5. The molecule has 29 heavy (non-hydrogen) atoms. The van der Waals surface area contributed by atoms with E-state index in [-0.39, 0.29) is 23.3 Å². The first-order valence-electron chi connectivity index (χ1n) is 9.36. The Morgan fingerprint density at radius 1 is 1.00 bits per heavy atom. The maximum Gasteiger partial charge on any atom is 0.329 e. The van der Waals surface area contributed by atoms with Crippen LogP contribution in [0.5, 0.6) is 0 Å². The normalized spacial score (nSPS) is 13.9. The average molecular weight is 458 g/mol. The standard InChI is InChI=1S/C22H20BrNO5/c1-2-3-8-18(24-20(26)16-6-4-5-7-17(16)21(24)27)22(28)29-13-19(25)14-9-11-15(23)12-10-14/h4-7,9-12,18H,2-3,8,13H2,1H3/t18-/m1/s1. The molecule has 6 nitrogen and oxygen atoms in total. The van der Waals surface area contributed by atoms with E-state index in [1.165, 1.54) is 0 Å². The average Bonchev–Trinajstić information content (AvgIpc) is 2.98. The number of hydrogen-bond acceptors (Lipinski definition) is 5. The molecule has 0 aromatic heterocycles. The number of nitrogens with zero attached hydrogens (tertiary/aromatic N) is 1. The maximum atomic E-state index is 12.7. The Morgan fingerprint density at radius 3 is 2.14 bits per heavy atom. The molecule has 0 saturated heterocycles. The van der Waals surface area contributed by atoms with Crippen molar-refractivity contribution in [2.24, 2.45) is 0 Å². The molecule has 0 bridgehead atoms. The van der Waals surface area contributed by atoms with Crippen molar-refractivity contribution in [1.29, 1.82) is 0 Å². The highest BCUT2D eigenvalue weighted by molar-refractivity contribution is 9.10. The van der Waals surface area contributed by atoms with Gasteiger partial charge < -0.3 is 4.74 Å². The van der Waals surface area contributed by atoms with Gasteiger partial charge >= 0.3 is 5.97 Å². The second kappa shape index (κ2) is 9.13. The van der Waals surface area contributed by atoms with Gasteiger partial charge in [0.15, 0.2) is 12.4 Å². The zero-order valence-electron chi connectivity index (χ0n) is 15.9. The summed E-state index contributed by atoms with van der Waals surface area (Å²) in [5.41, 5.74) is 0.960. The van der Waals surface area contributed by atoms with Crippen LogP contribution in [0.15, 0.2) is 53.0 Å². The number of Topliss-reactive ketones (excluding diaryl/α,β-unsaturated/α-hetero) is 1. The Kier molecular flexibility index (Phi) is 6.59. The molecule has 0 N–H and O–H groups in total. The summed E-state index contributed by atoms with van der Waals surface area (Å²) in [5, 5.41) is 0. The predicted octanol–water partition coefficient (Wildman–Crippen LogP) is 4.03. The topological polar surface area (TPSA) is 80.8 Å². The van der Waals surface area contributed by atoms with Gasteiger partial charge in [-0.1, -0.05) is 60.0 Å². The molecule has 1 atom stereocenters. The van der Waals surface area contributed by atoms with Crippen molar-refractivity contribution in [2.45, 2.75) is 32.2 Å². The number of unbranched alkanes of at least 4 members (excludes halogenated alkanes) is 1. The van der Waals surface area contributed by atoms with E-state index in [0.29, 0.717) is 12.0 Å². The Bertz CT molecular complexity index is 919. The lowest BCUT2D eigenvalue weighted by Gasteiger charge is -2.24. The lowest BCUT2D eigenvalue weighted by Crippen LogP contribution is -2.46. The number of carbonyl (C=O) groups is 4. The number of ketones is 1. The van der Waals surface area contributed by atoms with E-state index in [9.17, 15) is 19.2 Å². The molecule has 1 aliphatic heterocycles. The fourth-order valence-electron chi connectivity index (χ4n) is 3.19. The Morgan fingerprint density at radius 2 is 1.59 bits per heavy atom. The van der Waals surface area contributed by atoms with Crippen molar-refractivity contribution in [3.05, 3.63) is 69.7 Å². The third-order valence-electron chi connectivity index (χ3n) is 4.75. The Hall–Kier alpha value is -2.80. The molecular formula is C22H20BrNO5. The van der Waals surface area contributed by atoms with Gasteiger partial charge in [-0.2, -0.15) is 0 Å². The van der Waals surface area contributed by atoms with Crippen LogP contribution in [0, 0.1) is 0 Å². The minimum Gasteiger partial charge on any atom is -0.456 e. The highest BCUT2D eigenvalue weighted by Gasteiger charge is 2.43. The van der Waals surface area contributed by atoms with Crippen LogP contribution in [-0.4, -0.2) is 41.1 Å². The number of esters is 1. The highest BCUT2D eigenvalue weighted by Crippen LogP contribution is 2.27. The minimum atomic E-state index is -1.06. The second-order valence-corrected chi connectivity index (χ2v) is 7.64. The first-order valence-corrected chi connectivity index (χ1v) is 10.2. The fraction of sp³-hybridized carbons (Fsp3) is 0.273. The molecule has 2 aromatic carbocycles. The second-order valence-electron chi connectivity index (χ2n) is 6.72. The maximum absolute atomic E-state index is 12.7. The van der Waals surface area contributed by atoms with Gasteiger partial charge in [0.25, 0.3) is 11.8 Å². The van der Waals surface area contributed by atoms with Gasteiger partial charge in [-0.3, -0.25) is 19.3 Å². The molecule has 0 aliphatic carbocycles. The number of benzene rings is 2. The summed E-state index contributed by atoms with van der Waals surface area (Å²) in [7, 11) is 0. The number of imide groups is 1. The van der Waals surface area contributed by atoms with Gasteiger partial charge in [-0.05, 0) is 30.7 Å². The van der Waals surface area contributed by atoms with Crippen LogP contribution in [-0.2, 0) is 9.53 Å². The predicted molar refractivity (Wildman–Crippen MR) is 110 cm³/mol. The molecule has 0 unspecified atom stereocenters. The van der Waals surface area contributed by atoms with E-state index >= 15 is 0 Å². The third kappa shape index (κ3) is 4.45. The van der Waals surface area contributed by atoms with E-state index in [4.69, 9.17) is 4.74 Å². The monoisotopic (exact) mass is 457 g/mol. The Balaban J connectivity index is 1.74. The van der Waals surface area contributed by atoms with E-state index < -0.39 is 30.4 Å². The van der Waals surface area contributed by atoms with Crippen LogP contribution in [0.3, 0.4) is 0 Å². The van der Waals surface area contributed by atoms with Crippen molar-refractivity contribution in [3.63, 3.8) is 0 Å². The van der Waals surface area contributed by atoms with E-state index in [1.54, 1.807) is 48.5 Å². The van der Waals surface area contributed by atoms with E-state index in [2.05, 4.69) is 15.9 Å². The number of rotatable bonds is 8. The van der Waals surface area contributed by atoms with Gasteiger partial charge in [0.1, 0.15) is 6.04 Å². The first-order chi connectivity index (χ1) is 13.9. The molecule has 0 saturated carbocycles. The van der Waals surface area contributed by atoms with Crippen molar-refractivity contribution in [3.8, 4) is 0 Å². The third-order valence-corrected chi connectivity index (χ3v) is 5.28. The summed E-state index contributed by atoms with van der Waals surface area (Å²) in [6, 6.07) is 12.1. The van der Waals surface area contributed by atoms with Crippen molar-refractivity contribution in [1.82, 2.24) is 4.90 Å². The number of fused-ring (bicyclic) bond motifs is 1. The van der Waals surface area contributed by atoms with Gasteiger partial charge in [-0.15, -0.1) is 0 Å². The number of halogens is 1. The molecule has 3 rings (SSSR count). The van der Waals surface area contributed by atoms with Gasteiger partial charge in [0.05, 0.1) is 11.1 Å². The van der Waals surface area contributed by atoms with Crippen molar-refractivity contribution >= 4 is 39.5 Å². The van der Waals surface area contributed by atoms with Crippen LogP contribution >= 0.6 is 15.9 Å². The van der Waals surface area contributed by atoms with Crippen LogP contribution in [0.4, 0.5) is 0 Å². The van der Waals surface area contributed by atoms with Crippen LogP contribution in [0.1, 0.15) is 57.3 Å². The van der Waals surface area contributed by atoms with Gasteiger partial charge in [0.2, 0.25) is 0 Å². The lowest BCUT2D eigenvalue weighted by atomic mass is 10.1. The fourth-order valence-corrected chi connectivity index (χ4v) is 3.46. The number of hydrogen-bond donors (Lipinski definition) is 0. The van der Waals surface area contributed by atoms with Gasteiger partial charge in [-0.25, -0.2) is 4.79 Å². The largest absolute Gasteiger partial charge is 0.456 e. The molecule has 0 radical (unpaired) electrons. The first kappa shape index (κ1) is 20.9.